The van der Waals surface area contributed by atoms with Crippen LogP contribution in [-0.4, -0.2) is 6.61 Å². The molecule has 1 aromatic carbocycles. The van der Waals surface area contributed by atoms with Crippen molar-refractivity contribution in [2.75, 3.05) is 6.61 Å². The first kappa shape index (κ1) is 15.9. The molecule has 1 heterocycles. The smallest absolute Gasteiger partial charge is 0.127 e. The molecule has 1 aliphatic heterocycles. The zero-order chi connectivity index (χ0) is 16.2. The van der Waals surface area contributed by atoms with Crippen LogP contribution >= 0.6 is 0 Å². The van der Waals surface area contributed by atoms with Gasteiger partial charge in [-0.3, -0.25) is 0 Å². The molecule has 1 saturated carbocycles. The average molecular weight is 300 g/mol. The van der Waals surface area contributed by atoms with Crippen molar-refractivity contribution in [2.45, 2.75) is 89.9 Å². The maximum atomic E-state index is 6.30. The Bertz CT molecular complexity index is 563. The highest BCUT2D eigenvalue weighted by Gasteiger charge is 2.44. The lowest BCUT2D eigenvalue weighted by atomic mass is 9.66. The number of fused-ring (bicyclic) bond motifs is 2. The summed E-state index contributed by atoms with van der Waals surface area (Å²) in [6, 6.07) is 4.72. The van der Waals surface area contributed by atoms with Gasteiger partial charge < -0.3 is 4.74 Å². The van der Waals surface area contributed by atoms with Crippen LogP contribution in [-0.2, 0) is 16.2 Å². The van der Waals surface area contributed by atoms with Gasteiger partial charge in [-0.25, -0.2) is 0 Å². The Morgan fingerprint density at radius 2 is 1.36 bits per heavy atom. The number of rotatable bonds is 0. The fraction of sp³-hybridized carbons (Fsp3) is 0.714. The first-order valence-corrected chi connectivity index (χ1v) is 8.96. The molecule has 3 rings (SSSR count). The Morgan fingerprint density at radius 3 is 1.91 bits per heavy atom. The van der Waals surface area contributed by atoms with E-state index in [1.807, 2.05) is 0 Å². The highest BCUT2D eigenvalue weighted by molar-refractivity contribution is 5.56. The van der Waals surface area contributed by atoms with Gasteiger partial charge in [-0.2, -0.15) is 0 Å². The summed E-state index contributed by atoms with van der Waals surface area (Å²) in [5, 5.41) is 0. The van der Waals surface area contributed by atoms with Crippen molar-refractivity contribution < 1.29 is 4.74 Å². The molecule has 22 heavy (non-hydrogen) atoms. The molecular formula is C21H32O. The topological polar surface area (TPSA) is 9.23 Å². The monoisotopic (exact) mass is 300 g/mol. The lowest BCUT2D eigenvalue weighted by molar-refractivity contribution is 0.207. The average Bonchev–Trinajstić information content (AvgIpc) is 2.85. The zero-order valence-electron chi connectivity index (χ0n) is 15.3. The second-order valence-corrected chi connectivity index (χ2v) is 9.45. The van der Waals surface area contributed by atoms with E-state index in [2.05, 4.69) is 53.7 Å². The summed E-state index contributed by atoms with van der Waals surface area (Å²) < 4.78 is 6.30. The van der Waals surface area contributed by atoms with Crippen molar-refractivity contribution >= 4 is 0 Å². The van der Waals surface area contributed by atoms with Gasteiger partial charge in [0.2, 0.25) is 0 Å². The second kappa shape index (κ2) is 5.01. The van der Waals surface area contributed by atoms with Crippen LogP contribution in [0.25, 0.3) is 0 Å². The second-order valence-electron chi connectivity index (χ2n) is 9.45. The molecule has 0 saturated heterocycles. The van der Waals surface area contributed by atoms with Crippen molar-refractivity contribution in [3.63, 3.8) is 0 Å². The van der Waals surface area contributed by atoms with E-state index in [0.29, 0.717) is 5.41 Å². The van der Waals surface area contributed by atoms with E-state index in [-0.39, 0.29) is 10.8 Å². The van der Waals surface area contributed by atoms with Crippen molar-refractivity contribution in [1.82, 2.24) is 0 Å². The third kappa shape index (κ3) is 2.47. The maximum absolute atomic E-state index is 6.30. The Kier molecular flexibility index (Phi) is 3.62. The fourth-order valence-electron chi connectivity index (χ4n) is 4.50. The Balaban J connectivity index is 2.29. The summed E-state index contributed by atoms with van der Waals surface area (Å²) in [4.78, 5) is 0. The van der Waals surface area contributed by atoms with Crippen LogP contribution in [0.1, 0.15) is 90.3 Å². The predicted molar refractivity (Wildman–Crippen MR) is 94.1 cm³/mol. The first-order valence-electron chi connectivity index (χ1n) is 8.96. The van der Waals surface area contributed by atoms with Crippen LogP contribution in [0.2, 0.25) is 0 Å². The maximum Gasteiger partial charge on any atom is 0.127 e. The van der Waals surface area contributed by atoms with Crippen LogP contribution in [0.4, 0.5) is 0 Å². The molecule has 0 bridgehead atoms. The Morgan fingerprint density at radius 1 is 0.818 bits per heavy atom. The minimum absolute atomic E-state index is 0.137. The predicted octanol–water partition coefficient (Wildman–Crippen LogP) is 5.88. The molecule has 1 fully saturated rings. The Labute approximate surface area is 136 Å². The van der Waals surface area contributed by atoms with Crippen molar-refractivity contribution in [3.8, 4) is 5.75 Å². The zero-order valence-corrected chi connectivity index (χ0v) is 15.3. The van der Waals surface area contributed by atoms with Crippen molar-refractivity contribution in [1.29, 1.82) is 0 Å². The fourth-order valence-corrected chi connectivity index (χ4v) is 4.50. The van der Waals surface area contributed by atoms with E-state index in [1.165, 1.54) is 49.0 Å². The van der Waals surface area contributed by atoms with Gasteiger partial charge in [0.05, 0.1) is 6.61 Å². The summed E-state index contributed by atoms with van der Waals surface area (Å²) >= 11 is 0. The molecule has 0 unspecified atom stereocenters. The SMILES string of the molecule is CC(C)(C)c1ccc(C(C)(C)C)c2c1OCCC21CCCC1. The first-order chi connectivity index (χ1) is 10.2. The molecular weight excluding hydrogens is 268 g/mol. The van der Waals surface area contributed by atoms with Gasteiger partial charge in [0.25, 0.3) is 0 Å². The van der Waals surface area contributed by atoms with E-state index in [9.17, 15) is 0 Å². The molecule has 0 aromatic heterocycles. The van der Waals surface area contributed by atoms with Gasteiger partial charge in [0.1, 0.15) is 5.75 Å². The molecule has 122 valence electrons. The van der Waals surface area contributed by atoms with E-state index in [1.54, 1.807) is 5.56 Å². The molecule has 1 nitrogen and oxygen atoms in total. The number of hydrogen-bond acceptors (Lipinski definition) is 1. The van der Waals surface area contributed by atoms with Crippen LogP contribution in [0, 0.1) is 0 Å². The minimum Gasteiger partial charge on any atom is -0.493 e. The molecule has 0 atom stereocenters. The highest BCUT2D eigenvalue weighted by Crippen LogP contribution is 2.54. The summed E-state index contributed by atoms with van der Waals surface area (Å²) in [7, 11) is 0. The molecule has 1 spiro atoms. The van der Waals surface area contributed by atoms with Gasteiger partial charge >= 0.3 is 0 Å². The van der Waals surface area contributed by atoms with E-state index in [0.717, 1.165) is 6.61 Å². The van der Waals surface area contributed by atoms with E-state index >= 15 is 0 Å². The third-order valence-electron chi connectivity index (χ3n) is 5.69. The molecule has 0 N–H and O–H groups in total. The van der Waals surface area contributed by atoms with Crippen LogP contribution in [0.15, 0.2) is 12.1 Å². The van der Waals surface area contributed by atoms with Gasteiger partial charge in [-0.05, 0) is 41.2 Å². The summed E-state index contributed by atoms with van der Waals surface area (Å²) in [5.74, 6) is 1.23. The molecule has 1 aromatic rings. The van der Waals surface area contributed by atoms with Crippen molar-refractivity contribution in [3.05, 3.63) is 28.8 Å². The lowest BCUT2D eigenvalue weighted by Gasteiger charge is -2.42. The van der Waals surface area contributed by atoms with Crippen molar-refractivity contribution in [2.24, 2.45) is 0 Å². The van der Waals surface area contributed by atoms with E-state index in [4.69, 9.17) is 4.74 Å². The number of ether oxygens (including phenoxy) is 1. The quantitative estimate of drug-likeness (QED) is 0.581. The van der Waals surface area contributed by atoms with Gasteiger partial charge in [0.15, 0.2) is 0 Å². The molecule has 0 radical (unpaired) electrons. The minimum atomic E-state index is 0.137. The number of hydrogen-bond donors (Lipinski definition) is 0. The Hall–Kier alpha value is -0.980. The highest BCUT2D eigenvalue weighted by atomic mass is 16.5. The summed E-state index contributed by atoms with van der Waals surface area (Å²) in [6.07, 6.45) is 6.66. The number of benzene rings is 1. The van der Waals surface area contributed by atoms with Gasteiger partial charge in [-0.15, -0.1) is 0 Å². The van der Waals surface area contributed by atoms with Crippen LogP contribution < -0.4 is 4.74 Å². The largest absolute Gasteiger partial charge is 0.493 e. The molecule has 2 aliphatic rings. The lowest BCUT2D eigenvalue weighted by Crippen LogP contribution is -2.35. The standard InChI is InChI=1S/C21H32O/c1-19(2,3)15-9-10-16(20(4,5)6)18-17(15)21(13-14-22-18)11-7-8-12-21/h9-10H,7-8,11-14H2,1-6H3. The van der Waals surface area contributed by atoms with E-state index < -0.39 is 0 Å². The van der Waals surface area contributed by atoms with Crippen LogP contribution in [0.3, 0.4) is 0 Å². The molecule has 0 amide bonds. The summed E-state index contributed by atoms with van der Waals surface area (Å²) in [5.41, 5.74) is 5.17. The molecule has 1 heteroatoms. The normalized spacial score (nSPS) is 20.8. The summed E-state index contributed by atoms with van der Waals surface area (Å²) in [6.45, 7) is 14.8. The van der Waals surface area contributed by atoms with Gasteiger partial charge in [0, 0.05) is 11.0 Å². The third-order valence-corrected chi connectivity index (χ3v) is 5.69. The van der Waals surface area contributed by atoms with Gasteiger partial charge in [-0.1, -0.05) is 66.5 Å². The molecule has 1 aliphatic carbocycles. The van der Waals surface area contributed by atoms with Crippen LogP contribution in [0.5, 0.6) is 5.75 Å².